The summed E-state index contributed by atoms with van der Waals surface area (Å²) in [6, 6.07) is 10.3. The number of carbonyl (C=O) groups excluding carboxylic acids is 1. The second-order valence-corrected chi connectivity index (χ2v) is 8.87. The average Bonchev–Trinajstić information content (AvgIpc) is 3.67. The number of aryl methyl sites for hydroxylation is 1. The van der Waals surface area contributed by atoms with Crippen molar-refractivity contribution >= 4 is 23.0 Å². The third-order valence-corrected chi connectivity index (χ3v) is 6.25. The summed E-state index contributed by atoms with van der Waals surface area (Å²) in [7, 11) is 1.81. The molecule has 6 aromatic rings. The lowest BCUT2D eigenvalue weighted by Gasteiger charge is -2.20. The Kier molecular flexibility index (Phi) is 5.65. The van der Waals surface area contributed by atoms with E-state index in [1.165, 1.54) is 15.3 Å². The van der Waals surface area contributed by atoms with Gasteiger partial charge in [-0.2, -0.15) is 5.10 Å². The van der Waals surface area contributed by atoms with Crippen LogP contribution in [0.3, 0.4) is 0 Å². The third kappa shape index (κ3) is 4.17. The van der Waals surface area contributed by atoms with Gasteiger partial charge < -0.3 is 11.1 Å². The molecule has 0 aliphatic rings. The van der Waals surface area contributed by atoms with Gasteiger partial charge in [0.05, 0.1) is 35.4 Å². The van der Waals surface area contributed by atoms with Crippen LogP contribution >= 0.6 is 0 Å². The smallest absolute Gasteiger partial charge is 0.339 e. The lowest BCUT2D eigenvalue weighted by molar-refractivity contribution is 0.0940. The molecule has 0 saturated heterocycles. The summed E-state index contributed by atoms with van der Waals surface area (Å²) in [6.45, 7) is 1.78. The quantitative estimate of drug-likeness (QED) is 0.339. The zero-order valence-electron chi connectivity index (χ0n) is 21.0. The molecule has 0 bridgehead atoms. The van der Waals surface area contributed by atoms with Crippen molar-refractivity contribution in [2.45, 2.75) is 13.0 Å². The summed E-state index contributed by atoms with van der Waals surface area (Å²) >= 11 is 0. The van der Waals surface area contributed by atoms with Gasteiger partial charge in [0.1, 0.15) is 29.0 Å². The van der Waals surface area contributed by atoms with E-state index >= 15 is 0 Å². The minimum Gasteiger partial charge on any atom is -0.383 e. The molecule has 1 aromatic carbocycles. The van der Waals surface area contributed by atoms with E-state index < -0.39 is 11.9 Å². The maximum absolute atomic E-state index is 13.9. The maximum atomic E-state index is 13.9. The van der Waals surface area contributed by atoms with Crippen molar-refractivity contribution in [1.29, 1.82) is 0 Å². The Labute approximate surface area is 221 Å². The Morgan fingerprint density at radius 1 is 1.10 bits per heavy atom. The van der Waals surface area contributed by atoms with Crippen LogP contribution in [0.25, 0.3) is 17.0 Å². The molecule has 1 atom stereocenters. The number of benzene rings is 1. The highest BCUT2D eigenvalue weighted by Gasteiger charge is 2.23. The highest BCUT2D eigenvalue weighted by molar-refractivity contribution is 6.04. The first-order chi connectivity index (χ1) is 18.9. The number of nitrogens with two attached hydrogens (primary N) is 1. The minimum absolute atomic E-state index is 0.0550. The average molecular weight is 519 g/mol. The molecule has 0 aliphatic carbocycles. The lowest BCUT2D eigenvalue weighted by Crippen LogP contribution is -2.35. The Bertz CT molecular complexity index is 1990. The second-order valence-electron chi connectivity index (χ2n) is 8.87. The molecular formula is C27H22N10O2. The van der Waals surface area contributed by atoms with E-state index in [0.29, 0.717) is 33.9 Å². The topological polar surface area (TPSA) is 142 Å². The van der Waals surface area contributed by atoms with Gasteiger partial charge >= 0.3 is 5.69 Å². The van der Waals surface area contributed by atoms with E-state index in [4.69, 9.17) is 5.73 Å². The van der Waals surface area contributed by atoms with Gasteiger partial charge in [0.25, 0.3) is 5.91 Å². The van der Waals surface area contributed by atoms with Crippen LogP contribution in [0.2, 0.25) is 0 Å². The fourth-order valence-corrected chi connectivity index (χ4v) is 4.41. The predicted molar refractivity (Wildman–Crippen MR) is 143 cm³/mol. The summed E-state index contributed by atoms with van der Waals surface area (Å²) in [5.41, 5.74) is 8.88. The molecule has 5 aromatic heterocycles. The molecule has 0 aliphatic heterocycles. The number of para-hydroxylation sites is 1. The number of nitrogens with one attached hydrogen (secondary N) is 1. The first-order valence-electron chi connectivity index (χ1n) is 12.0. The Morgan fingerprint density at radius 2 is 1.92 bits per heavy atom. The highest BCUT2D eigenvalue weighted by Crippen LogP contribution is 2.21. The van der Waals surface area contributed by atoms with Crippen LogP contribution in [-0.2, 0) is 7.05 Å². The van der Waals surface area contributed by atoms with Crippen molar-refractivity contribution in [3.63, 3.8) is 0 Å². The molecule has 0 fully saturated rings. The van der Waals surface area contributed by atoms with Gasteiger partial charge in [0, 0.05) is 31.7 Å². The van der Waals surface area contributed by atoms with Crippen LogP contribution in [0.4, 0.5) is 5.82 Å². The molecule has 0 spiro atoms. The summed E-state index contributed by atoms with van der Waals surface area (Å²) in [4.78, 5) is 40.1. The maximum Gasteiger partial charge on any atom is 0.339 e. The van der Waals surface area contributed by atoms with Crippen molar-refractivity contribution < 1.29 is 4.79 Å². The van der Waals surface area contributed by atoms with Crippen LogP contribution in [0.15, 0.2) is 78.5 Å². The van der Waals surface area contributed by atoms with Crippen molar-refractivity contribution in [3.05, 3.63) is 107 Å². The van der Waals surface area contributed by atoms with Crippen molar-refractivity contribution in [3.8, 4) is 17.5 Å². The Hall–Kier alpha value is -5.70. The van der Waals surface area contributed by atoms with E-state index in [-0.39, 0.29) is 17.1 Å². The van der Waals surface area contributed by atoms with Gasteiger partial charge in [0.2, 0.25) is 0 Å². The summed E-state index contributed by atoms with van der Waals surface area (Å²) < 4.78 is 6.24. The van der Waals surface area contributed by atoms with E-state index in [1.54, 1.807) is 60.1 Å². The summed E-state index contributed by atoms with van der Waals surface area (Å²) in [6.07, 6.45) is 9.71. The first-order valence-corrected chi connectivity index (χ1v) is 12.0. The highest BCUT2D eigenvalue weighted by atomic mass is 16.2. The molecule has 0 saturated carbocycles. The van der Waals surface area contributed by atoms with Crippen LogP contribution in [-0.4, -0.2) is 44.0 Å². The van der Waals surface area contributed by atoms with Crippen LogP contribution in [0.5, 0.6) is 0 Å². The Morgan fingerprint density at radius 3 is 2.69 bits per heavy atom. The number of anilines is 1. The van der Waals surface area contributed by atoms with Gasteiger partial charge in [-0.15, -0.1) is 0 Å². The number of carbonyl (C=O) groups is 1. The fourth-order valence-electron chi connectivity index (χ4n) is 4.41. The van der Waals surface area contributed by atoms with Crippen molar-refractivity contribution in [2.24, 2.45) is 7.05 Å². The standard InChI is InChI=1S/C27H22N10O2/c1-17(33-26(38)23-24(28)31-16-35-11-10-29-25(23)35)21-12-22-30-14-20(9-8-18-13-32-34(2)15-18)37(22)27(39)36(21)19-6-4-3-5-7-19/h3-7,10-17H,28H2,1-2H3,(H,33,38). The number of rotatable bonds is 4. The van der Waals surface area contributed by atoms with Gasteiger partial charge in [0.15, 0.2) is 5.65 Å². The number of imidazole rings is 2. The molecule has 1 unspecified atom stereocenters. The molecule has 192 valence electrons. The third-order valence-electron chi connectivity index (χ3n) is 6.25. The number of fused-ring (bicyclic) bond motifs is 2. The Balaban J connectivity index is 1.46. The number of hydrogen-bond acceptors (Lipinski definition) is 7. The molecule has 12 nitrogen and oxygen atoms in total. The molecule has 0 radical (unpaired) electrons. The predicted octanol–water partition coefficient (Wildman–Crippen LogP) is 1.73. The number of hydrogen-bond donors (Lipinski definition) is 2. The molecule has 6 rings (SSSR count). The van der Waals surface area contributed by atoms with Crippen molar-refractivity contribution in [2.75, 3.05) is 5.73 Å². The normalized spacial score (nSPS) is 11.8. The largest absolute Gasteiger partial charge is 0.383 e. The second kappa shape index (κ2) is 9.31. The lowest BCUT2D eigenvalue weighted by atomic mass is 10.1. The monoisotopic (exact) mass is 518 g/mol. The van der Waals surface area contributed by atoms with E-state index in [0.717, 1.165) is 0 Å². The van der Waals surface area contributed by atoms with E-state index in [1.807, 2.05) is 30.3 Å². The van der Waals surface area contributed by atoms with Crippen LogP contribution in [0.1, 0.15) is 40.3 Å². The molecule has 3 N–H and O–H groups in total. The zero-order chi connectivity index (χ0) is 27.1. The first kappa shape index (κ1) is 23.7. The molecule has 1 amide bonds. The van der Waals surface area contributed by atoms with Crippen molar-refractivity contribution in [1.82, 2.24) is 43.4 Å². The van der Waals surface area contributed by atoms with Gasteiger partial charge in [-0.3, -0.25) is 18.4 Å². The molecule has 39 heavy (non-hydrogen) atoms. The molecular weight excluding hydrogens is 496 g/mol. The minimum atomic E-state index is -0.619. The van der Waals surface area contributed by atoms with Gasteiger partial charge in [-0.05, 0) is 25.0 Å². The fraction of sp³-hybridized carbons (Fsp3) is 0.111. The van der Waals surface area contributed by atoms with E-state index in [2.05, 4.69) is 37.2 Å². The summed E-state index contributed by atoms with van der Waals surface area (Å²) in [5, 5.41) is 7.07. The van der Waals surface area contributed by atoms with E-state index in [9.17, 15) is 9.59 Å². The van der Waals surface area contributed by atoms with Crippen LogP contribution < -0.4 is 16.7 Å². The number of nitrogens with zero attached hydrogens (tertiary/aromatic N) is 8. The zero-order valence-corrected chi connectivity index (χ0v) is 21.0. The SMILES string of the molecule is CC(NC(=O)c1c(N)ncn2ccnc12)c1cc2ncc(C#Cc3cnn(C)c3)n2c(=O)n1-c1ccccc1. The van der Waals surface area contributed by atoms with Crippen LogP contribution in [0, 0.1) is 11.8 Å². The number of amides is 1. The van der Waals surface area contributed by atoms with Gasteiger partial charge in [-0.25, -0.2) is 24.1 Å². The molecule has 5 heterocycles. The number of aromatic nitrogens is 8. The van der Waals surface area contributed by atoms with Gasteiger partial charge in [-0.1, -0.05) is 24.1 Å². The summed E-state index contributed by atoms with van der Waals surface area (Å²) in [5.74, 6) is 5.63. The molecule has 12 heteroatoms. The number of nitrogen functional groups attached to an aromatic ring is 1.